The van der Waals surface area contributed by atoms with E-state index in [0.29, 0.717) is 36.0 Å². The van der Waals surface area contributed by atoms with E-state index in [1.54, 1.807) is 53.9 Å². The topological polar surface area (TPSA) is 97.0 Å². The average Bonchev–Trinajstić information content (AvgIpc) is 3.08. The van der Waals surface area contributed by atoms with E-state index in [1.165, 1.54) is 7.11 Å². The van der Waals surface area contributed by atoms with E-state index in [0.717, 1.165) is 25.7 Å². The Balaban J connectivity index is 1.64. The summed E-state index contributed by atoms with van der Waals surface area (Å²) in [5.41, 5.74) is 1.08. The van der Waals surface area contributed by atoms with Gasteiger partial charge in [0.15, 0.2) is 0 Å². The smallest absolute Gasteiger partial charge is 0.243 e. The second kappa shape index (κ2) is 10.5. The lowest BCUT2D eigenvalue weighted by Gasteiger charge is -2.20. The summed E-state index contributed by atoms with van der Waals surface area (Å²) in [5, 5.41) is 5.77. The maximum atomic E-state index is 13.0. The average molecular weight is 448 g/mol. The van der Waals surface area contributed by atoms with Crippen molar-refractivity contribution in [2.24, 2.45) is 0 Å². The first-order valence-corrected chi connectivity index (χ1v) is 11.7. The molecule has 1 aliphatic rings. The van der Waals surface area contributed by atoms with E-state index >= 15 is 0 Å². The van der Waals surface area contributed by atoms with Crippen molar-refractivity contribution in [3.8, 4) is 11.5 Å². The zero-order chi connectivity index (χ0) is 22.3. The summed E-state index contributed by atoms with van der Waals surface area (Å²) in [7, 11) is -0.480. The highest BCUT2D eigenvalue weighted by atomic mass is 32.2. The van der Waals surface area contributed by atoms with Crippen LogP contribution < -0.4 is 20.1 Å². The summed E-state index contributed by atoms with van der Waals surface area (Å²) >= 11 is 0. The molecular weight excluding hydrogens is 418 g/mol. The zero-order valence-electron chi connectivity index (χ0n) is 17.9. The molecule has 0 bridgehead atoms. The Labute approximate surface area is 183 Å². The molecule has 1 heterocycles. The van der Waals surface area contributed by atoms with E-state index in [2.05, 4.69) is 10.6 Å². The first kappa shape index (κ1) is 22.9. The molecule has 2 aromatic carbocycles. The standard InChI is InChI=1S/C22H29N3O5S/c1-29-18-10-11-20(21(15-18)30-2)24-22(26)16-23-17-8-7-9-19(14-17)31(27,28)25-12-5-3-4-6-13-25/h7-11,14-15,23H,3-6,12-13,16H2,1-2H3,(H,24,26). The van der Waals surface area contributed by atoms with Crippen LogP contribution in [0.2, 0.25) is 0 Å². The number of amides is 1. The van der Waals surface area contributed by atoms with Crippen LogP contribution in [0.25, 0.3) is 0 Å². The number of anilines is 2. The summed E-state index contributed by atoms with van der Waals surface area (Å²) in [5.74, 6) is 0.817. The van der Waals surface area contributed by atoms with Crippen LogP contribution in [0, 0.1) is 0 Å². The minimum atomic E-state index is -3.55. The molecule has 0 aliphatic carbocycles. The number of sulfonamides is 1. The lowest BCUT2D eigenvalue weighted by Crippen LogP contribution is -2.32. The first-order chi connectivity index (χ1) is 14.9. The Morgan fingerprint density at radius 3 is 2.42 bits per heavy atom. The van der Waals surface area contributed by atoms with Crippen molar-refractivity contribution in [3.63, 3.8) is 0 Å². The number of ether oxygens (including phenoxy) is 2. The van der Waals surface area contributed by atoms with Gasteiger partial charge in [0.1, 0.15) is 11.5 Å². The van der Waals surface area contributed by atoms with Gasteiger partial charge in [0, 0.05) is 24.8 Å². The lowest BCUT2D eigenvalue weighted by atomic mass is 10.2. The van der Waals surface area contributed by atoms with Gasteiger partial charge in [-0.3, -0.25) is 4.79 Å². The maximum absolute atomic E-state index is 13.0. The fraction of sp³-hybridized carbons (Fsp3) is 0.409. The van der Waals surface area contributed by atoms with Crippen molar-refractivity contribution in [1.29, 1.82) is 0 Å². The van der Waals surface area contributed by atoms with E-state index in [9.17, 15) is 13.2 Å². The summed E-state index contributed by atoms with van der Waals surface area (Å²) in [4.78, 5) is 12.6. The second-order valence-electron chi connectivity index (χ2n) is 7.31. The Kier molecular flexibility index (Phi) is 7.75. The molecule has 0 aromatic heterocycles. The highest BCUT2D eigenvalue weighted by molar-refractivity contribution is 7.89. The quantitative estimate of drug-likeness (QED) is 0.644. The van der Waals surface area contributed by atoms with Crippen LogP contribution in [0.1, 0.15) is 25.7 Å². The van der Waals surface area contributed by atoms with Crippen LogP contribution in [0.5, 0.6) is 11.5 Å². The molecule has 8 nitrogen and oxygen atoms in total. The molecule has 1 fully saturated rings. The van der Waals surface area contributed by atoms with Crippen LogP contribution in [0.3, 0.4) is 0 Å². The van der Waals surface area contributed by atoms with Crippen LogP contribution in [-0.4, -0.2) is 52.5 Å². The van der Waals surface area contributed by atoms with Crippen molar-refractivity contribution in [3.05, 3.63) is 42.5 Å². The van der Waals surface area contributed by atoms with Gasteiger partial charge < -0.3 is 20.1 Å². The largest absolute Gasteiger partial charge is 0.497 e. The number of benzene rings is 2. The molecule has 31 heavy (non-hydrogen) atoms. The number of nitrogens with one attached hydrogen (secondary N) is 2. The Morgan fingerprint density at radius 1 is 1.00 bits per heavy atom. The van der Waals surface area contributed by atoms with Gasteiger partial charge in [-0.15, -0.1) is 0 Å². The summed E-state index contributed by atoms with van der Waals surface area (Å²) in [6.07, 6.45) is 3.88. The Bertz CT molecular complexity index is 1000. The highest BCUT2D eigenvalue weighted by Gasteiger charge is 2.25. The SMILES string of the molecule is COc1ccc(NC(=O)CNc2cccc(S(=O)(=O)N3CCCCCC3)c2)c(OC)c1. The number of carbonyl (C=O) groups excluding carboxylic acids is 1. The molecular formula is C22H29N3O5S. The van der Waals surface area contributed by atoms with Crippen LogP contribution in [-0.2, 0) is 14.8 Å². The van der Waals surface area contributed by atoms with Crippen molar-refractivity contribution < 1.29 is 22.7 Å². The van der Waals surface area contributed by atoms with Gasteiger partial charge in [-0.2, -0.15) is 4.31 Å². The fourth-order valence-corrected chi connectivity index (χ4v) is 5.04. The number of hydrogen-bond donors (Lipinski definition) is 2. The monoisotopic (exact) mass is 447 g/mol. The molecule has 0 atom stereocenters. The second-order valence-corrected chi connectivity index (χ2v) is 9.25. The normalized spacial score (nSPS) is 15.0. The number of hydrogen-bond acceptors (Lipinski definition) is 6. The molecule has 2 aromatic rings. The molecule has 0 saturated carbocycles. The van der Waals surface area contributed by atoms with Crippen molar-refractivity contribution in [2.45, 2.75) is 30.6 Å². The molecule has 168 valence electrons. The van der Waals surface area contributed by atoms with Crippen molar-refractivity contribution in [2.75, 3.05) is 44.5 Å². The van der Waals surface area contributed by atoms with Gasteiger partial charge in [0.2, 0.25) is 15.9 Å². The van der Waals surface area contributed by atoms with E-state index in [-0.39, 0.29) is 17.3 Å². The zero-order valence-corrected chi connectivity index (χ0v) is 18.7. The molecule has 0 radical (unpaired) electrons. The third-order valence-corrected chi connectivity index (χ3v) is 7.07. The molecule has 1 aliphatic heterocycles. The molecule has 0 spiro atoms. The minimum Gasteiger partial charge on any atom is -0.497 e. The van der Waals surface area contributed by atoms with Crippen molar-refractivity contribution >= 4 is 27.3 Å². The van der Waals surface area contributed by atoms with Gasteiger partial charge in [0.25, 0.3) is 0 Å². The van der Waals surface area contributed by atoms with Crippen LogP contribution in [0.4, 0.5) is 11.4 Å². The van der Waals surface area contributed by atoms with Crippen LogP contribution >= 0.6 is 0 Å². The number of rotatable bonds is 8. The Hall–Kier alpha value is -2.78. The molecule has 0 unspecified atom stereocenters. The lowest BCUT2D eigenvalue weighted by molar-refractivity contribution is -0.114. The highest BCUT2D eigenvalue weighted by Crippen LogP contribution is 2.29. The summed E-state index contributed by atoms with van der Waals surface area (Å²) in [6.45, 7) is 1.07. The molecule has 3 rings (SSSR count). The first-order valence-electron chi connectivity index (χ1n) is 10.3. The van der Waals surface area contributed by atoms with Gasteiger partial charge in [-0.05, 0) is 43.2 Å². The fourth-order valence-electron chi connectivity index (χ4n) is 3.48. The van der Waals surface area contributed by atoms with E-state index in [1.807, 2.05) is 0 Å². The molecule has 1 amide bonds. The summed E-state index contributed by atoms with van der Waals surface area (Å²) in [6, 6.07) is 11.7. The van der Waals surface area contributed by atoms with Crippen molar-refractivity contribution in [1.82, 2.24) is 4.31 Å². The third kappa shape index (κ3) is 5.89. The Morgan fingerprint density at radius 2 is 1.74 bits per heavy atom. The predicted octanol–water partition coefficient (Wildman–Crippen LogP) is 3.32. The number of carbonyl (C=O) groups is 1. The van der Waals surface area contributed by atoms with Gasteiger partial charge in [0.05, 0.1) is 31.3 Å². The number of nitrogens with zero attached hydrogens (tertiary/aromatic N) is 1. The molecule has 9 heteroatoms. The van der Waals surface area contributed by atoms with Gasteiger partial charge in [-0.1, -0.05) is 18.9 Å². The summed E-state index contributed by atoms with van der Waals surface area (Å²) < 4.78 is 38.0. The van der Waals surface area contributed by atoms with E-state index < -0.39 is 10.0 Å². The maximum Gasteiger partial charge on any atom is 0.243 e. The predicted molar refractivity (Wildman–Crippen MR) is 120 cm³/mol. The molecule has 1 saturated heterocycles. The van der Waals surface area contributed by atoms with Crippen LogP contribution in [0.15, 0.2) is 47.4 Å². The minimum absolute atomic E-state index is 0.0254. The van der Waals surface area contributed by atoms with E-state index in [4.69, 9.17) is 9.47 Å². The molecule has 2 N–H and O–H groups in total. The van der Waals surface area contributed by atoms with Gasteiger partial charge >= 0.3 is 0 Å². The van der Waals surface area contributed by atoms with Gasteiger partial charge in [-0.25, -0.2) is 8.42 Å². The third-order valence-electron chi connectivity index (χ3n) is 5.17. The number of methoxy groups -OCH3 is 2.